The number of hydrogen-bond acceptors (Lipinski definition) is 3. The molecular formula is C11H18F3N3O. The number of aliphatic hydroxyl groups excluding tert-OH is 1. The second-order valence-electron chi connectivity index (χ2n) is 5.34. The Morgan fingerprint density at radius 2 is 2.06 bits per heavy atom. The van der Waals surface area contributed by atoms with Crippen LogP contribution in [0.15, 0.2) is 0 Å². The second kappa shape index (κ2) is 4.70. The molecule has 4 nitrogen and oxygen atoms in total. The van der Waals surface area contributed by atoms with Crippen LogP contribution in [0.2, 0.25) is 0 Å². The smallest absolute Gasteiger partial charge is 0.393 e. The van der Waals surface area contributed by atoms with Crippen LogP contribution in [0, 0.1) is 23.2 Å². The lowest BCUT2D eigenvalue weighted by atomic mass is 10.00. The number of alkyl halides is 3. The third-order valence-electron chi connectivity index (χ3n) is 4.11. The summed E-state index contributed by atoms with van der Waals surface area (Å²) < 4.78 is 38.1. The molecule has 2 aliphatic rings. The predicted molar refractivity (Wildman–Crippen MR) is 60.1 cm³/mol. The highest BCUT2D eigenvalue weighted by atomic mass is 19.4. The van der Waals surface area contributed by atoms with Crippen molar-refractivity contribution in [1.82, 2.24) is 4.90 Å². The summed E-state index contributed by atoms with van der Waals surface area (Å²) in [6.45, 7) is 0.784. The minimum atomic E-state index is -4.47. The zero-order valence-corrected chi connectivity index (χ0v) is 9.95. The van der Waals surface area contributed by atoms with E-state index in [2.05, 4.69) is 0 Å². The normalized spacial score (nSPS) is 34.6. The van der Waals surface area contributed by atoms with E-state index < -0.39 is 17.9 Å². The number of likely N-dealkylation sites (tertiary alicyclic amines) is 1. The van der Waals surface area contributed by atoms with E-state index >= 15 is 0 Å². The molecule has 1 saturated carbocycles. The van der Waals surface area contributed by atoms with Gasteiger partial charge in [-0.1, -0.05) is 0 Å². The maximum atomic E-state index is 12.7. The van der Waals surface area contributed by atoms with Crippen LogP contribution in [-0.2, 0) is 0 Å². The molecule has 4 unspecified atom stereocenters. The number of rotatable bonds is 3. The average Bonchev–Trinajstić information content (AvgIpc) is 2.75. The topological polar surface area (TPSA) is 73.3 Å². The lowest BCUT2D eigenvalue weighted by Crippen LogP contribution is -2.43. The van der Waals surface area contributed by atoms with E-state index in [1.54, 1.807) is 4.90 Å². The van der Waals surface area contributed by atoms with Crippen LogP contribution in [0.4, 0.5) is 13.2 Å². The van der Waals surface area contributed by atoms with Gasteiger partial charge in [0.15, 0.2) is 0 Å². The minimum Gasteiger partial charge on any atom is -0.393 e. The zero-order valence-electron chi connectivity index (χ0n) is 9.95. The first-order valence-electron chi connectivity index (χ1n) is 6.10. The molecule has 0 bridgehead atoms. The number of nitrogens with two attached hydrogens (primary N) is 1. The Morgan fingerprint density at radius 3 is 2.56 bits per heavy atom. The van der Waals surface area contributed by atoms with Gasteiger partial charge in [-0.25, -0.2) is 0 Å². The molecule has 1 saturated heterocycles. The van der Waals surface area contributed by atoms with Crippen LogP contribution >= 0.6 is 0 Å². The van der Waals surface area contributed by atoms with E-state index in [9.17, 15) is 18.3 Å². The van der Waals surface area contributed by atoms with Gasteiger partial charge in [0, 0.05) is 25.6 Å². The van der Waals surface area contributed by atoms with Crippen LogP contribution < -0.4 is 5.73 Å². The van der Waals surface area contributed by atoms with Crippen molar-refractivity contribution in [2.45, 2.75) is 25.1 Å². The summed E-state index contributed by atoms with van der Waals surface area (Å²) >= 11 is 0. The average molecular weight is 265 g/mol. The van der Waals surface area contributed by atoms with Gasteiger partial charge in [0.1, 0.15) is 11.8 Å². The molecule has 2 rings (SSSR count). The second-order valence-corrected chi connectivity index (χ2v) is 5.34. The first kappa shape index (κ1) is 13.6. The summed E-state index contributed by atoms with van der Waals surface area (Å²) in [4.78, 5) is 1.68. The summed E-state index contributed by atoms with van der Waals surface area (Å²) in [6.07, 6.45) is -3.23. The summed E-state index contributed by atoms with van der Waals surface area (Å²) in [5.41, 5.74) is 5.03. The van der Waals surface area contributed by atoms with Crippen molar-refractivity contribution in [2.24, 2.45) is 23.5 Å². The number of halogens is 3. The quantitative estimate of drug-likeness (QED) is 0.522. The van der Waals surface area contributed by atoms with Crippen LogP contribution in [0.25, 0.3) is 0 Å². The van der Waals surface area contributed by atoms with Gasteiger partial charge < -0.3 is 15.7 Å². The first-order valence-corrected chi connectivity index (χ1v) is 6.10. The van der Waals surface area contributed by atoms with Gasteiger partial charge in [-0.3, -0.25) is 5.41 Å². The third-order valence-corrected chi connectivity index (χ3v) is 4.11. The van der Waals surface area contributed by atoms with E-state index in [1.165, 1.54) is 0 Å². The minimum absolute atomic E-state index is 0.0887. The monoisotopic (exact) mass is 265 g/mol. The molecular weight excluding hydrogens is 247 g/mol. The molecule has 0 amide bonds. The van der Waals surface area contributed by atoms with E-state index in [-0.39, 0.29) is 18.6 Å². The summed E-state index contributed by atoms with van der Waals surface area (Å²) in [6, 6.07) is 0. The van der Waals surface area contributed by atoms with Crippen molar-refractivity contribution in [3.05, 3.63) is 0 Å². The SMILES string of the molecule is N=C(N)C(CN1CC2CCC(O)C2C1)C(F)(F)F. The van der Waals surface area contributed by atoms with Gasteiger partial charge >= 0.3 is 6.18 Å². The fraction of sp³-hybridized carbons (Fsp3) is 0.909. The number of aliphatic hydroxyl groups is 1. The maximum Gasteiger partial charge on any atom is 0.399 e. The Bertz CT molecular complexity index is 334. The molecule has 1 heterocycles. The van der Waals surface area contributed by atoms with Gasteiger partial charge in [0.2, 0.25) is 0 Å². The van der Waals surface area contributed by atoms with Gasteiger partial charge in [-0.15, -0.1) is 0 Å². The number of hydrogen-bond donors (Lipinski definition) is 3. The lowest BCUT2D eigenvalue weighted by Gasteiger charge is -2.25. The highest BCUT2D eigenvalue weighted by molar-refractivity contribution is 5.80. The van der Waals surface area contributed by atoms with Gasteiger partial charge in [-0.2, -0.15) is 13.2 Å². The Labute approximate surface area is 103 Å². The van der Waals surface area contributed by atoms with E-state index in [0.717, 1.165) is 12.8 Å². The molecule has 0 aromatic carbocycles. The van der Waals surface area contributed by atoms with Gasteiger partial charge in [0.25, 0.3) is 0 Å². The van der Waals surface area contributed by atoms with Crippen molar-refractivity contribution in [3.63, 3.8) is 0 Å². The molecule has 18 heavy (non-hydrogen) atoms. The van der Waals surface area contributed by atoms with Gasteiger partial charge in [0.05, 0.1) is 6.10 Å². The van der Waals surface area contributed by atoms with Crippen LogP contribution in [0.3, 0.4) is 0 Å². The number of nitrogens with zero attached hydrogens (tertiary/aromatic N) is 1. The van der Waals surface area contributed by atoms with Crippen molar-refractivity contribution >= 4 is 5.84 Å². The summed E-state index contributed by atoms with van der Waals surface area (Å²) in [5.74, 6) is -2.35. The molecule has 2 fully saturated rings. The predicted octanol–water partition coefficient (Wildman–Crippen LogP) is 0.804. The molecule has 7 heteroatoms. The van der Waals surface area contributed by atoms with Crippen LogP contribution in [0.5, 0.6) is 0 Å². The number of fused-ring (bicyclic) bond motifs is 1. The zero-order chi connectivity index (χ0) is 13.5. The van der Waals surface area contributed by atoms with E-state index in [4.69, 9.17) is 11.1 Å². The molecule has 0 aromatic rings. The molecule has 4 N–H and O–H groups in total. The van der Waals surface area contributed by atoms with E-state index in [1.807, 2.05) is 0 Å². The molecule has 0 spiro atoms. The van der Waals surface area contributed by atoms with Crippen LogP contribution in [0.1, 0.15) is 12.8 Å². The summed E-state index contributed by atoms with van der Waals surface area (Å²) in [7, 11) is 0. The Morgan fingerprint density at radius 1 is 1.39 bits per heavy atom. The maximum absolute atomic E-state index is 12.7. The Hall–Kier alpha value is -0.820. The van der Waals surface area contributed by atoms with Crippen molar-refractivity contribution in [2.75, 3.05) is 19.6 Å². The highest BCUT2D eigenvalue weighted by Gasteiger charge is 2.47. The molecule has 4 atom stereocenters. The van der Waals surface area contributed by atoms with Crippen molar-refractivity contribution in [1.29, 1.82) is 5.41 Å². The number of nitrogens with one attached hydrogen (secondary N) is 1. The fourth-order valence-electron chi connectivity index (χ4n) is 3.11. The molecule has 0 radical (unpaired) electrons. The van der Waals surface area contributed by atoms with Crippen molar-refractivity contribution in [3.8, 4) is 0 Å². The third kappa shape index (κ3) is 2.61. The van der Waals surface area contributed by atoms with Crippen molar-refractivity contribution < 1.29 is 18.3 Å². The molecule has 1 aliphatic carbocycles. The highest BCUT2D eigenvalue weighted by Crippen LogP contribution is 2.39. The largest absolute Gasteiger partial charge is 0.399 e. The molecule has 0 aromatic heterocycles. The van der Waals surface area contributed by atoms with Gasteiger partial charge in [-0.05, 0) is 18.8 Å². The van der Waals surface area contributed by atoms with Crippen LogP contribution in [-0.4, -0.2) is 47.8 Å². The first-order chi connectivity index (χ1) is 8.29. The molecule has 104 valence electrons. The van der Waals surface area contributed by atoms with E-state index in [0.29, 0.717) is 19.0 Å². The Balaban J connectivity index is 1.96. The fourth-order valence-corrected chi connectivity index (χ4v) is 3.11. The Kier molecular flexibility index (Phi) is 3.55. The number of amidine groups is 1. The molecule has 1 aliphatic heterocycles. The summed E-state index contributed by atoms with van der Waals surface area (Å²) in [5, 5.41) is 16.8. The standard InChI is InChI=1S/C11H18F3N3O/c12-11(13,14)8(10(15)16)5-17-3-6-1-2-9(18)7(6)4-17/h6-9,18H,1-5H2,(H3,15,16). The lowest BCUT2D eigenvalue weighted by molar-refractivity contribution is -0.159.